The van der Waals surface area contributed by atoms with Crippen LogP contribution in [0.5, 0.6) is 0 Å². The van der Waals surface area contributed by atoms with Gasteiger partial charge in [0.2, 0.25) is 11.9 Å². The summed E-state index contributed by atoms with van der Waals surface area (Å²) in [6, 6.07) is 6.71. The molecule has 2 aliphatic rings. The van der Waals surface area contributed by atoms with E-state index in [1.165, 1.54) is 0 Å². The smallest absolute Gasteiger partial charge is 0.251 e. The fourth-order valence-electron chi connectivity index (χ4n) is 4.81. The van der Waals surface area contributed by atoms with Gasteiger partial charge in [-0.25, -0.2) is 18.4 Å². The largest absolute Gasteiger partial charge is 0.349 e. The van der Waals surface area contributed by atoms with Crippen LogP contribution in [0.1, 0.15) is 61.3 Å². The van der Waals surface area contributed by atoms with Crippen LogP contribution in [-0.4, -0.2) is 53.8 Å². The number of hydrogen-bond donors (Lipinski definition) is 2. The van der Waals surface area contributed by atoms with Crippen molar-refractivity contribution >= 4 is 33.3 Å². The zero-order valence-electron chi connectivity index (χ0n) is 19.9. The van der Waals surface area contributed by atoms with E-state index in [0.717, 1.165) is 16.9 Å². The van der Waals surface area contributed by atoms with Crippen molar-refractivity contribution < 1.29 is 18.0 Å². The van der Waals surface area contributed by atoms with Gasteiger partial charge in [0.1, 0.15) is 9.84 Å². The highest BCUT2D eigenvalue weighted by molar-refractivity contribution is 7.91. The standard InChI is InChI=1S/C24H31N5O4S/c1-14-7-10-25-24(26-14)28-22-15(2)16(3)29(17(4)30)21-6-5-18(13-20(21)22)23(31)27-19-8-11-34(32,33)12-9-19/h5-7,10,13,15-16,19,22H,8-9,11-12H2,1-4H3,(H,27,31)(H,25,26,28)/t15-,16-,22+/m0/s1. The molecule has 0 saturated carbocycles. The Bertz CT molecular complexity index is 1200. The van der Waals surface area contributed by atoms with Crippen LogP contribution in [0.3, 0.4) is 0 Å². The Balaban J connectivity index is 1.66. The Morgan fingerprint density at radius 2 is 1.82 bits per heavy atom. The third-order valence-electron chi connectivity index (χ3n) is 6.89. The third-order valence-corrected chi connectivity index (χ3v) is 8.60. The van der Waals surface area contributed by atoms with Crippen molar-refractivity contribution in [1.82, 2.24) is 15.3 Å². The number of carbonyl (C=O) groups is 2. The van der Waals surface area contributed by atoms with E-state index in [2.05, 4.69) is 27.5 Å². The van der Waals surface area contributed by atoms with E-state index < -0.39 is 9.84 Å². The predicted molar refractivity (Wildman–Crippen MR) is 131 cm³/mol. The summed E-state index contributed by atoms with van der Waals surface area (Å²) in [5.41, 5.74) is 2.88. The summed E-state index contributed by atoms with van der Waals surface area (Å²) in [7, 11) is -3.00. The molecule has 0 aliphatic carbocycles. The van der Waals surface area contributed by atoms with Crippen LogP contribution in [0.4, 0.5) is 11.6 Å². The Labute approximate surface area is 200 Å². The van der Waals surface area contributed by atoms with Crippen molar-refractivity contribution in [2.24, 2.45) is 5.92 Å². The van der Waals surface area contributed by atoms with E-state index >= 15 is 0 Å². The summed E-state index contributed by atoms with van der Waals surface area (Å²) in [6.45, 7) is 7.51. The van der Waals surface area contributed by atoms with Gasteiger partial charge in [0.15, 0.2) is 0 Å². The number of sulfone groups is 1. The van der Waals surface area contributed by atoms with Crippen LogP contribution >= 0.6 is 0 Å². The summed E-state index contributed by atoms with van der Waals surface area (Å²) in [5.74, 6) is 0.373. The molecule has 10 heteroatoms. The molecule has 182 valence electrons. The van der Waals surface area contributed by atoms with Crippen LogP contribution < -0.4 is 15.5 Å². The molecule has 2 aliphatic heterocycles. The average Bonchev–Trinajstić information content (AvgIpc) is 2.78. The minimum atomic E-state index is -3.00. The molecular formula is C24H31N5O4S. The molecule has 34 heavy (non-hydrogen) atoms. The van der Waals surface area contributed by atoms with Crippen molar-refractivity contribution in [2.75, 3.05) is 21.7 Å². The highest BCUT2D eigenvalue weighted by Crippen LogP contribution is 2.42. The number of fused-ring (bicyclic) bond motifs is 1. The van der Waals surface area contributed by atoms with E-state index in [0.29, 0.717) is 24.4 Å². The normalized spacial score (nSPS) is 24.2. The molecule has 0 radical (unpaired) electrons. The summed E-state index contributed by atoms with van der Waals surface area (Å²) in [6.07, 6.45) is 2.53. The van der Waals surface area contributed by atoms with Gasteiger partial charge in [-0.2, -0.15) is 0 Å². The summed E-state index contributed by atoms with van der Waals surface area (Å²) in [5, 5.41) is 6.39. The minimum absolute atomic E-state index is 0.0161. The maximum atomic E-state index is 13.0. The van der Waals surface area contributed by atoms with Crippen LogP contribution in [0.15, 0.2) is 30.5 Å². The van der Waals surface area contributed by atoms with Gasteiger partial charge in [-0.1, -0.05) is 6.92 Å². The maximum absolute atomic E-state index is 13.0. The molecule has 4 rings (SSSR count). The number of nitrogens with zero attached hydrogens (tertiary/aromatic N) is 3. The monoisotopic (exact) mass is 485 g/mol. The highest BCUT2D eigenvalue weighted by atomic mass is 32.2. The van der Waals surface area contributed by atoms with Crippen molar-refractivity contribution in [1.29, 1.82) is 0 Å². The zero-order chi connectivity index (χ0) is 24.6. The summed E-state index contributed by atoms with van der Waals surface area (Å²) >= 11 is 0. The lowest BCUT2D eigenvalue weighted by atomic mass is 9.82. The molecule has 1 fully saturated rings. The topological polar surface area (TPSA) is 121 Å². The van der Waals surface area contributed by atoms with Gasteiger partial charge in [-0.3, -0.25) is 9.59 Å². The molecule has 0 unspecified atom stereocenters. The Morgan fingerprint density at radius 1 is 1.12 bits per heavy atom. The van der Waals surface area contributed by atoms with Gasteiger partial charge < -0.3 is 15.5 Å². The number of benzene rings is 1. The molecule has 2 aromatic rings. The van der Waals surface area contributed by atoms with E-state index in [9.17, 15) is 18.0 Å². The number of hydrogen-bond acceptors (Lipinski definition) is 7. The number of carbonyl (C=O) groups excluding carboxylic acids is 2. The molecule has 0 bridgehead atoms. The Hall–Kier alpha value is -3.01. The van der Waals surface area contributed by atoms with Gasteiger partial charge in [-0.05, 0) is 56.5 Å². The van der Waals surface area contributed by atoms with Crippen LogP contribution in [0, 0.1) is 12.8 Å². The lowest BCUT2D eigenvalue weighted by molar-refractivity contribution is -0.117. The SMILES string of the molecule is CC(=O)N1c2ccc(C(=O)NC3CCS(=O)(=O)CC3)cc2[C@H](Nc2nccc(C)n2)[C@@H](C)[C@@H]1C. The molecule has 1 aromatic heterocycles. The molecule has 1 aromatic carbocycles. The fourth-order valence-corrected chi connectivity index (χ4v) is 6.30. The third kappa shape index (κ3) is 4.91. The van der Waals surface area contributed by atoms with Gasteiger partial charge in [-0.15, -0.1) is 0 Å². The van der Waals surface area contributed by atoms with Crippen LogP contribution in [0.25, 0.3) is 0 Å². The van der Waals surface area contributed by atoms with E-state index in [1.54, 1.807) is 24.1 Å². The Morgan fingerprint density at radius 3 is 2.47 bits per heavy atom. The van der Waals surface area contributed by atoms with E-state index in [-0.39, 0.29) is 47.4 Å². The predicted octanol–water partition coefficient (Wildman–Crippen LogP) is 2.64. The maximum Gasteiger partial charge on any atom is 0.251 e. The van der Waals surface area contributed by atoms with Crippen LogP contribution in [-0.2, 0) is 14.6 Å². The first-order valence-corrected chi connectivity index (χ1v) is 13.4. The van der Waals surface area contributed by atoms with E-state index in [1.807, 2.05) is 32.0 Å². The number of aromatic nitrogens is 2. The molecule has 2 amide bonds. The lowest BCUT2D eigenvalue weighted by Crippen LogP contribution is -2.48. The zero-order valence-corrected chi connectivity index (χ0v) is 20.7. The van der Waals surface area contributed by atoms with Crippen molar-refractivity contribution in [3.8, 4) is 0 Å². The summed E-state index contributed by atoms with van der Waals surface area (Å²) < 4.78 is 23.4. The quantitative estimate of drug-likeness (QED) is 0.683. The van der Waals surface area contributed by atoms with E-state index in [4.69, 9.17) is 0 Å². The second-order valence-corrected chi connectivity index (χ2v) is 11.6. The number of rotatable bonds is 4. The molecule has 3 atom stereocenters. The van der Waals surface area contributed by atoms with Gasteiger partial charge in [0.25, 0.3) is 5.91 Å². The lowest BCUT2D eigenvalue weighted by Gasteiger charge is -2.44. The highest BCUT2D eigenvalue weighted by Gasteiger charge is 2.39. The molecule has 1 saturated heterocycles. The second-order valence-electron chi connectivity index (χ2n) is 9.31. The van der Waals surface area contributed by atoms with Gasteiger partial charge >= 0.3 is 0 Å². The Kier molecular flexibility index (Phi) is 6.62. The van der Waals surface area contributed by atoms with Crippen LogP contribution in [0.2, 0.25) is 0 Å². The fraction of sp³-hybridized carbons (Fsp3) is 0.500. The molecule has 2 N–H and O–H groups in total. The minimum Gasteiger partial charge on any atom is -0.349 e. The van der Waals surface area contributed by atoms with Gasteiger partial charge in [0, 0.05) is 48.1 Å². The molecule has 0 spiro atoms. The second kappa shape index (κ2) is 9.32. The number of anilines is 2. The number of amides is 2. The van der Waals surface area contributed by atoms with Crippen molar-refractivity contribution in [3.05, 3.63) is 47.3 Å². The van der Waals surface area contributed by atoms with Gasteiger partial charge in [0.05, 0.1) is 17.5 Å². The molecule has 9 nitrogen and oxygen atoms in total. The van der Waals surface area contributed by atoms with Crippen molar-refractivity contribution in [3.63, 3.8) is 0 Å². The number of aryl methyl sites for hydroxylation is 1. The van der Waals surface area contributed by atoms with Crippen molar-refractivity contribution in [2.45, 2.75) is 58.7 Å². The number of nitrogens with one attached hydrogen (secondary N) is 2. The molecule has 3 heterocycles. The molecular weight excluding hydrogens is 454 g/mol. The first-order chi connectivity index (χ1) is 16.1. The first-order valence-electron chi connectivity index (χ1n) is 11.6. The first kappa shape index (κ1) is 24.1. The summed E-state index contributed by atoms with van der Waals surface area (Å²) in [4.78, 5) is 36.1. The average molecular weight is 486 g/mol.